The van der Waals surface area contributed by atoms with Crippen molar-refractivity contribution in [1.29, 1.82) is 0 Å². The van der Waals surface area contributed by atoms with Crippen LogP contribution in [0.2, 0.25) is 0 Å². The predicted octanol–water partition coefficient (Wildman–Crippen LogP) is 2.28. The Balaban J connectivity index is 1.53. The lowest BCUT2D eigenvalue weighted by Crippen LogP contribution is -2.50. The Labute approximate surface area is 142 Å². The minimum Gasteiger partial charge on any atom is -0.454 e. The van der Waals surface area contributed by atoms with Gasteiger partial charge in [0.2, 0.25) is 12.7 Å². The Morgan fingerprint density at radius 1 is 1.00 bits per heavy atom. The number of nitrogens with zero attached hydrogens (tertiary/aromatic N) is 2. The van der Waals surface area contributed by atoms with Gasteiger partial charge in [-0.15, -0.1) is 0 Å². The number of carbonyl (C=O) groups is 2. The lowest BCUT2D eigenvalue weighted by Gasteiger charge is -2.35. The van der Waals surface area contributed by atoms with Crippen molar-refractivity contribution in [2.24, 2.45) is 0 Å². The van der Waals surface area contributed by atoms with E-state index >= 15 is 0 Å². The van der Waals surface area contributed by atoms with E-state index in [0.717, 1.165) is 19.3 Å². The molecule has 0 spiro atoms. The van der Waals surface area contributed by atoms with E-state index in [9.17, 15) is 9.59 Å². The lowest BCUT2D eigenvalue weighted by molar-refractivity contribution is -0.132. The standard InChI is InChI=1S/C18H24N2O4/c1-2-3-4-5-17(21)19-8-10-20(11-9-19)18(22)14-6-7-15-16(12-14)24-13-23-15/h6-7,12H,2-5,8-11,13H2,1H3. The van der Waals surface area contributed by atoms with E-state index in [4.69, 9.17) is 9.47 Å². The van der Waals surface area contributed by atoms with Gasteiger partial charge in [0.15, 0.2) is 11.5 Å². The van der Waals surface area contributed by atoms with Gasteiger partial charge in [0.1, 0.15) is 0 Å². The summed E-state index contributed by atoms with van der Waals surface area (Å²) >= 11 is 0. The second-order valence-electron chi connectivity index (χ2n) is 6.20. The van der Waals surface area contributed by atoms with Crippen molar-refractivity contribution in [3.05, 3.63) is 23.8 Å². The Kier molecular flexibility index (Phi) is 5.23. The fourth-order valence-electron chi connectivity index (χ4n) is 3.06. The summed E-state index contributed by atoms with van der Waals surface area (Å²) in [4.78, 5) is 28.4. The second-order valence-corrected chi connectivity index (χ2v) is 6.20. The largest absolute Gasteiger partial charge is 0.454 e. The molecule has 2 aliphatic rings. The summed E-state index contributed by atoms with van der Waals surface area (Å²) in [5, 5.41) is 0. The molecular weight excluding hydrogens is 308 g/mol. The molecule has 3 rings (SSSR count). The molecule has 2 aliphatic heterocycles. The number of hydrogen-bond donors (Lipinski definition) is 0. The molecule has 0 radical (unpaired) electrons. The number of benzene rings is 1. The van der Waals surface area contributed by atoms with Gasteiger partial charge >= 0.3 is 0 Å². The van der Waals surface area contributed by atoms with Crippen LogP contribution in [0.3, 0.4) is 0 Å². The molecule has 0 saturated carbocycles. The van der Waals surface area contributed by atoms with Crippen LogP contribution in [0.4, 0.5) is 0 Å². The molecule has 1 saturated heterocycles. The zero-order valence-electron chi connectivity index (χ0n) is 14.1. The lowest BCUT2D eigenvalue weighted by atomic mass is 10.1. The van der Waals surface area contributed by atoms with Crippen molar-refractivity contribution >= 4 is 11.8 Å². The summed E-state index contributed by atoms with van der Waals surface area (Å²) in [6.07, 6.45) is 3.77. The molecule has 0 unspecified atom stereocenters. The topological polar surface area (TPSA) is 59.1 Å². The first-order valence-electron chi connectivity index (χ1n) is 8.65. The zero-order valence-corrected chi connectivity index (χ0v) is 14.1. The third-order valence-electron chi connectivity index (χ3n) is 4.53. The number of fused-ring (bicyclic) bond motifs is 1. The van der Waals surface area contributed by atoms with E-state index in [2.05, 4.69) is 6.92 Å². The number of piperazine rings is 1. The highest BCUT2D eigenvalue weighted by Gasteiger charge is 2.25. The van der Waals surface area contributed by atoms with Crippen LogP contribution in [0.1, 0.15) is 43.0 Å². The average Bonchev–Trinajstić information content (AvgIpc) is 3.09. The molecule has 0 aliphatic carbocycles. The molecular formula is C18H24N2O4. The van der Waals surface area contributed by atoms with E-state index < -0.39 is 0 Å². The van der Waals surface area contributed by atoms with Crippen LogP contribution in [0, 0.1) is 0 Å². The highest BCUT2D eigenvalue weighted by atomic mass is 16.7. The van der Waals surface area contributed by atoms with Crippen LogP contribution in [0.5, 0.6) is 11.5 Å². The van der Waals surface area contributed by atoms with Gasteiger partial charge in [-0.1, -0.05) is 19.8 Å². The summed E-state index contributed by atoms with van der Waals surface area (Å²) in [6, 6.07) is 5.26. The number of amides is 2. The first kappa shape index (κ1) is 16.6. The molecule has 0 aromatic heterocycles. The summed E-state index contributed by atoms with van der Waals surface area (Å²) in [5.41, 5.74) is 0.599. The maximum atomic E-state index is 12.6. The normalized spacial score (nSPS) is 16.4. The van der Waals surface area contributed by atoms with Gasteiger partial charge in [0.25, 0.3) is 5.91 Å². The maximum absolute atomic E-state index is 12.6. The van der Waals surface area contributed by atoms with Crippen LogP contribution < -0.4 is 9.47 Å². The molecule has 0 atom stereocenters. The third kappa shape index (κ3) is 3.63. The van der Waals surface area contributed by atoms with Gasteiger partial charge < -0.3 is 19.3 Å². The molecule has 0 bridgehead atoms. The number of unbranched alkanes of at least 4 members (excludes halogenated alkanes) is 2. The summed E-state index contributed by atoms with van der Waals surface area (Å²) < 4.78 is 10.6. The van der Waals surface area contributed by atoms with Crippen molar-refractivity contribution in [2.75, 3.05) is 33.0 Å². The molecule has 6 heteroatoms. The van der Waals surface area contributed by atoms with Crippen molar-refractivity contribution in [1.82, 2.24) is 9.80 Å². The van der Waals surface area contributed by atoms with E-state index in [1.165, 1.54) is 0 Å². The first-order valence-corrected chi connectivity index (χ1v) is 8.65. The quantitative estimate of drug-likeness (QED) is 0.776. The SMILES string of the molecule is CCCCCC(=O)N1CCN(C(=O)c2ccc3c(c2)OCO3)CC1. The van der Waals surface area contributed by atoms with Crippen LogP contribution in [0.15, 0.2) is 18.2 Å². The monoisotopic (exact) mass is 332 g/mol. The molecule has 130 valence electrons. The predicted molar refractivity (Wildman–Crippen MR) is 89.2 cm³/mol. The minimum atomic E-state index is -0.0219. The highest BCUT2D eigenvalue weighted by molar-refractivity contribution is 5.95. The average molecular weight is 332 g/mol. The summed E-state index contributed by atoms with van der Waals surface area (Å²) in [5.74, 6) is 1.48. The van der Waals surface area contributed by atoms with Crippen LogP contribution >= 0.6 is 0 Å². The van der Waals surface area contributed by atoms with Gasteiger partial charge in [-0.3, -0.25) is 9.59 Å². The van der Waals surface area contributed by atoms with Gasteiger partial charge in [0, 0.05) is 38.2 Å². The first-order chi connectivity index (χ1) is 11.7. The summed E-state index contributed by atoms with van der Waals surface area (Å²) in [6.45, 7) is 4.71. The van der Waals surface area contributed by atoms with Crippen molar-refractivity contribution in [3.8, 4) is 11.5 Å². The van der Waals surface area contributed by atoms with E-state index in [1.807, 2.05) is 4.90 Å². The highest BCUT2D eigenvalue weighted by Crippen LogP contribution is 2.32. The zero-order chi connectivity index (χ0) is 16.9. The van der Waals surface area contributed by atoms with E-state index in [0.29, 0.717) is 49.7 Å². The molecule has 0 N–H and O–H groups in total. The van der Waals surface area contributed by atoms with E-state index in [-0.39, 0.29) is 18.6 Å². The maximum Gasteiger partial charge on any atom is 0.254 e. The van der Waals surface area contributed by atoms with Gasteiger partial charge in [-0.05, 0) is 24.6 Å². The number of hydrogen-bond acceptors (Lipinski definition) is 4. The van der Waals surface area contributed by atoms with Crippen LogP contribution in [-0.2, 0) is 4.79 Å². The Morgan fingerprint density at radius 2 is 1.71 bits per heavy atom. The molecule has 2 heterocycles. The summed E-state index contributed by atoms with van der Waals surface area (Å²) in [7, 11) is 0. The van der Waals surface area contributed by atoms with Crippen LogP contribution in [-0.4, -0.2) is 54.6 Å². The Bertz CT molecular complexity index is 609. The number of ether oxygens (including phenoxy) is 2. The van der Waals surface area contributed by atoms with Gasteiger partial charge in [-0.25, -0.2) is 0 Å². The Morgan fingerprint density at radius 3 is 2.46 bits per heavy atom. The molecule has 1 aromatic rings. The van der Waals surface area contributed by atoms with Crippen molar-refractivity contribution in [3.63, 3.8) is 0 Å². The fraction of sp³-hybridized carbons (Fsp3) is 0.556. The fourth-order valence-corrected chi connectivity index (χ4v) is 3.06. The Hall–Kier alpha value is -2.24. The van der Waals surface area contributed by atoms with E-state index in [1.54, 1.807) is 23.1 Å². The smallest absolute Gasteiger partial charge is 0.254 e. The molecule has 6 nitrogen and oxygen atoms in total. The van der Waals surface area contributed by atoms with Crippen molar-refractivity contribution < 1.29 is 19.1 Å². The number of rotatable bonds is 5. The second kappa shape index (κ2) is 7.55. The van der Waals surface area contributed by atoms with Crippen molar-refractivity contribution in [2.45, 2.75) is 32.6 Å². The molecule has 24 heavy (non-hydrogen) atoms. The van der Waals surface area contributed by atoms with Gasteiger partial charge in [-0.2, -0.15) is 0 Å². The number of carbonyl (C=O) groups excluding carboxylic acids is 2. The molecule has 1 fully saturated rings. The van der Waals surface area contributed by atoms with Gasteiger partial charge in [0.05, 0.1) is 0 Å². The molecule has 2 amide bonds. The van der Waals surface area contributed by atoms with Crippen LogP contribution in [0.25, 0.3) is 0 Å². The molecule has 1 aromatic carbocycles. The third-order valence-corrected chi connectivity index (χ3v) is 4.53. The minimum absolute atomic E-state index is 0.0219.